The summed E-state index contributed by atoms with van der Waals surface area (Å²) in [5.74, 6) is 0.404. The number of aryl methyl sites for hydroxylation is 1. The fraction of sp³-hybridized carbons (Fsp3) is 0.722. The van der Waals surface area contributed by atoms with Crippen LogP contribution < -0.4 is 4.74 Å². The van der Waals surface area contributed by atoms with Gasteiger partial charge in [-0.3, -0.25) is 9.48 Å². The first kappa shape index (κ1) is 20.1. The zero-order chi connectivity index (χ0) is 19.3. The first-order valence-electron chi connectivity index (χ1n) is 8.98. The second-order valence-electron chi connectivity index (χ2n) is 7.46. The first-order valence-corrected chi connectivity index (χ1v) is 8.98. The number of amides is 1. The summed E-state index contributed by atoms with van der Waals surface area (Å²) in [6, 6.07) is -0.129. The number of hydrogen-bond donors (Lipinski definition) is 0. The molecule has 0 saturated carbocycles. The Morgan fingerprint density at radius 3 is 2.65 bits per heavy atom. The van der Waals surface area contributed by atoms with Crippen molar-refractivity contribution in [1.29, 1.82) is 0 Å². The normalized spacial score (nSPS) is 20.1. The standard InChI is InChI=1S/C18H29N3O5/c1-6-24-16(22)8-7-13-9-14(25-15-10-19-20(5)11-15)12-21(13)17(23)26-18(2,3)4/h10-11,13-14H,6-9,12H2,1-5H3/t13-,14-/m1/s1. The SMILES string of the molecule is CCOC(=O)CC[C@@H]1C[C@@H](Oc2cnn(C)c2)CN1C(=O)OC(C)(C)C. The van der Waals surface area contributed by atoms with Gasteiger partial charge in [0.2, 0.25) is 0 Å². The molecule has 146 valence electrons. The maximum Gasteiger partial charge on any atom is 0.410 e. The zero-order valence-corrected chi connectivity index (χ0v) is 16.2. The van der Waals surface area contributed by atoms with Gasteiger partial charge in [-0.2, -0.15) is 5.10 Å². The van der Waals surface area contributed by atoms with Crippen LogP contribution in [0.3, 0.4) is 0 Å². The van der Waals surface area contributed by atoms with E-state index in [0.29, 0.717) is 31.7 Å². The minimum absolute atomic E-state index is 0.129. The molecule has 0 N–H and O–H groups in total. The topological polar surface area (TPSA) is 82.9 Å². The number of aromatic nitrogens is 2. The Morgan fingerprint density at radius 1 is 1.35 bits per heavy atom. The van der Waals surface area contributed by atoms with Crippen molar-refractivity contribution < 1.29 is 23.8 Å². The monoisotopic (exact) mass is 367 g/mol. The Kier molecular flexibility index (Phi) is 6.50. The van der Waals surface area contributed by atoms with Crippen LogP contribution in [0, 0.1) is 0 Å². The highest BCUT2D eigenvalue weighted by Crippen LogP contribution is 2.27. The van der Waals surface area contributed by atoms with Crippen molar-refractivity contribution in [3.05, 3.63) is 12.4 Å². The van der Waals surface area contributed by atoms with Crippen molar-refractivity contribution in [2.24, 2.45) is 7.05 Å². The van der Waals surface area contributed by atoms with E-state index >= 15 is 0 Å². The van der Waals surface area contributed by atoms with Crippen molar-refractivity contribution in [2.45, 2.75) is 64.7 Å². The average molecular weight is 367 g/mol. The minimum atomic E-state index is -0.578. The van der Waals surface area contributed by atoms with Crippen LogP contribution in [0.1, 0.15) is 47.0 Å². The van der Waals surface area contributed by atoms with Gasteiger partial charge in [-0.25, -0.2) is 4.79 Å². The van der Waals surface area contributed by atoms with Crippen molar-refractivity contribution >= 4 is 12.1 Å². The molecule has 2 heterocycles. The molecule has 0 unspecified atom stereocenters. The molecule has 26 heavy (non-hydrogen) atoms. The van der Waals surface area contributed by atoms with Gasteiger partial charge in [0.1, 0.15) is 11.7 Å². The third-order valence-electron chi connectivity index (χ3n) is 3.98. The van der Waals surface area contributed by atoms with Crippen molar-refractivity contribution in [3.8, 4) is 5.75 Å². The first-order chi connectivity index (χ1) is 12.2. The molecular weight excluding hydrogens is 338 g/mol. The molecule has 2 atom stereocenters. The van der Waals surface area contributed by atoms with E-state index in [2.05, 4.69) is 5.10 Å². The third-order valence-corrected chi connectivity index (χ3v) is 3.98. The summed E-state index contributed by atoms with van der Waals surface area (Å²) in [6.07, 6.45) is 4.28. The lowest BCUT2D eigenvalue weighted by atomic mass is 10.1. The fourth-order valence-corrected chi connectivity index (χ4v) is 2.95. The molecule has 8 heteroatoms. The highest BCUT2D eigenvalue weighted by Gasteiger charge is 2.38. The van der Waals surface area contributed by atoms with Crippen LogP contribution >= 0.6 is 0 Å². The Labute approximate surface area is 154 Å². The van der Waals surface area contributed by atoms with E-state index in [1.807, 2.05) is 27.8 Å². The predicted octanol–water partition coefficient (Wildman–Crippen LogP) is 2.52. The molecule has 0 aliphatic carbocycles. The molecule has 1 aromatic rings. The van der Waals surface area contributed by atoms with E-state index in [1.54, 1.807) is 28.9 Å². The van der Waals surface area contributed by atoms with Gasteiger partial charge in [-0.1, -0.05) is 0 Å². The number of rotatable bonds is 6. The van der Waals surface area contributed by atoms with Gasteiger partial charge in [-0.15, -0.1) is 0 Å². The van der Waals surface area contributed by atoms with Crippen LogP contribution in [-0.2, 0) is 21.3 Å². The van der Waals surface area contributed by atoms with E-state index in [-0.39, 0.29) is 30.6 Å². The minimum Gasteiger partial charge on any atom is -0.485 e. The van der Waals surface area contributed by atoms with Gasteiger partial charge < -0.3 is 19.1 Å². The summed E-state index contributed by atoms with van der Waals surface area (Å²) < 4.78 is 18.1. The smallest absolute Gasteiger partial charge is 0.410 e. The second-order valence-corrected chi connectivity index (χ2v) is 7.46. The van der Waals surface area contributed by atoms with Gasteiger partial charge in [-0.05, 0) is 34.1 Å². The molecule has 0 spiro atoms. The van der Waals surface area contributed by atoms with Crippen LogP contribution in [0.4, 0.5) is 4.79 Å². The lowest BCUT2D eigenvalue weighted by molar-refractivity contribution is -0.143. The van der Waals surface area contributed by atoms with E-state index in [0.717, 1.165) is 0 Å². The van der Waals surface area contributed by atoms with Gasteiger partial charge in [0.15, 0.2) is 5.75 Å². The quantitative estimate of drug-likeness (QED) is 0.719. The van der Waals surface area contributed by atoms with E-state index in [4.69, 9.17) is 14.2 Å². The zero-order valence-electron chi connectivity index (χ0n) is 16.2. The van der Waals surface area contributed by atoms with Gasteiger partial charge in [0.05, 0.1) is 25.5 Å². The fourth-order valence-electron chi connectivity index (χ4n) is 2.95. The average Bonchev–Trinajstić information content (AvgIpc) is 3.10. The molecule has 1 aliphatic heterocycles. The Morgan fingerprint density at radius 2 is 2.08 bits per heavy atom. The Balaban J connectivity index is 2.02. The molecule has 1 fully saturated rings. The molecule has 1 aliphatic rings. The number of carbonyl (C=O) groups is 2. The van der Waals surface area contributed by atoms with Crippen molar-refractivity contribution in [2.75, 3.05) is 13.2 Å². The summed E-state index contributed by atoms with van der Waals surface area (Å²) in [7, 11) is 1.82. The summed E-state index contributed by atoms with van der Waals surface area (Å²) in [4.78, 5) is 25.9. The van der Waals surface area contributed by atoms with E-state index in [9.17, 15) is 9.59 Å². The molecule has 0 radical (unpaired) electrons. The summed E-state index contributed by atoms with van der Waals surface area (Å²) in [5.41, 5.74) is -0.578. The van der Waals surface area contributed by atoms with Gasteiger partial charge in [0, 0.05) is 25.9 Å². The van der Waals surface area contributed by atoms with Gasteiger partial charge >= 0.3 is 12.1 Å². The molecule has 1 saturated heterocycles. The molecule has 0 aromatic carbocycles. The molecule has 2 rings (SSSR count). The largest absolute Gasteiger partial charge is 0.485 e. The Bertz CT molecular complexity index is 623. The van der Waals surface area contributed by atoms with Crippen LogP contribution in [0.15, 0.2) is 12.4 Å². The molecule has 1 aromatic heterocycles. The molecule has 0 bridgehead atoms. The predicted molar refractivity (Wildman–Crippen MR) is 94.8 cm³/mol. The number of esters is 1. The number of ether oxygens (including phenoxy) is 3. The van der Waals surface area contributed by atoms with Crippen LogP contribution in [0.5, 0.6) is 5.75 Å². The van der Waals surface area contributed by atoms with Crippen molar-refractivity contribution in [3.63, 3.8) is 0 Å². The van der Waals surface area contributed by atoms with Crippen LogP contribution in [0.25, 0.3) is 0 Å². The van der Waals surface area contributed by atoms with Gasteiger partial charge in [0.25, 0.3) is 0 Å². The van der Waals surface area contributed by atoms with E-state index < -0.39 is 5.60 Å². The Hall–Kier alpha value is -2.25. The highest BCUT2D eigenvalue weighted by atomic mass is 16.6. The molecule has 8 nitrogen and oxygen atoms in total. The van der Waals surface area contributed by atoms with Crippen LogP contribution in [0.2, 0.25) is 0 Å². The number of nitrogens with zero attached hydrogens (tertiary/aromatic N) is 3. The van der Waals surface area contributed by atoms with Crippen molar-refractivity contribution in [1.82, 2.24) is 14.7 Å². The van der Waals surface area contributed by atoms with Crippen LogP contribution in [-0.4, -0.2) is 57.6 Å². The summed E-state index contributed by atoms with van der Waals surface area (Å²) in [6.45, 7) is 8.04. The summed E-state index contributed by atoms with van der Waals surface area (Å²) in [5, 5.41) is 4.09. The number of carbonyl (C=O) groups excluding carboxylic acids is 2. The number of likely N-dealkylation sites (tertiary alicyclic amines) is 1. The summed E-state index contributed by atoms with van der Waals surface area (Å²) >= 11 is 0. The van der Waals surface area contributed by atoms with E-state index in [1.165, 1.54) is 0 Å². The molecular formula is C18H29N3O5. The molecule has 1 amide bonds. The number of hydrogen-bond acceptors (Lipinski definition) is 6. The third kappa shape index (κ3) is 5.93. The lowest BCUT2D eigenvalue weighted by Gasteiger charge is -2.28. The second kappa shape index (κ2) is 8.42. The maximum atomic E-state index is 12.6. The lowest BCUT2D eigenvalue weighted by Crippen LogP contribution is -2.40. The maximum absolute atomic E-state index is 12.6. The highest BCUT2D eigenvalue weighted by molar-refractivity contribution is 5.70.